The number of Topliss-reactive ketones (excluding diaryl/α,β-unsaturated/α-hetero) is 1. The quantitative estimate of drug-likeness (QED) is 0.614. The van der Waals surface area contributed by atoms with E-state index in [1.807, 2.05) is 39.0 Å². The van der Waals surface area contributed by atoms with Gasteiger partial charge in [-0.3, -0.25) is 9.59 Å². The van der Waals surface area contributed by atoms with Crippen LogP contribution in [0.4, 0.5) is 0 Å². The lowest BCUT2D eigenvalue weighted by Crippen LogP contribution is -2.37. The summed E-state index contributed by atoms with van der Waals surface area (Å²) in [6.07, 6.45) is 0.692. The van der Waals surface area contributed by atoms with E-state index in [4.69, 9.17) is 0 Å². The standard InChI is InChI=1S/C16H23NO3/c1-5-17-14(8-9-15(18)20-4)16(19)13-10-11(2)6-7-12(13)3/h6-7,10,14,17H,5,8-9H2,1-4H3. The highest BCUT2D eigenvalue weighted by molar-refractivity contribution is 6.01. The van der Waals surface area contributed by atoms with E-state index in [1.165, 1.54) is 7.11 Å². The maximum absolute atomic E-state index is 12.6. The number of carbonyl (C=O) groups excluding carboxylic acids is 2. The van der Waals surface area contributed by atoms with Crippen LogP contribution in [0.1, 0.15) is 41.3 Å². The molecule has 110 valence electrons. The van der Waals surface area contributed by atoms with E-state index >= 15 is 0 Å². The van der Waals surface area contributed by atoms with Gasteiger partial charge < -0.3 is 10.1 Å². The van der Waals surface area contributed by atoms with Gasteiger partial charge in [0.2, 0.25) is 0 Å². The van der Waals surface area contributed by atoms with Gasteiger partial charge in [0.05, 0.1) is 13.2 Å². The van der Waals surface area contributed by atoms with E-state index in [0.717, 1.165) is 16.7 Å². The SMILES string of the molecule is CCNC(CCC(=O)OC)C(=O)c1cc(C)ccc1C. The highest BCUT2D eigenvalue weighted by atomic mass is 16.5. The number of likely N-dealkylation sites (N-methyl/N-ethyl adjacent to an activating group) is 1. The lowest BCUT2D eigenvalue weighted by Gasteiger charge is -2.17. The number of carbonyl (C=O) groups is 2. The smallest absolute Gasteiger partial charge is 0.305 e. The molecule has 0 radical (unpaired) electrons. The van der Waals surface area contributed by atoms with Crippen molar-refractivity contribution in [3.05, 3.63) is 34.9 Å². The van der Waals surface area contributed by atoms with Crippen molar-refractivity contribution in [1.29, 1.82) is 0 Å². The fourth-order valence-corrected chi connectivity index (χ4v) is 2.13. The van der Waals surface area contributed by atoms with Crippen LogP contribution in [-0.2, 0) is 9.53 Å². The average Bonchev–Trinajstić information content (AvgIpc) is 2.44. The van der Waals surface area contributed by atoms with Crippen LogP contribution in [0, 0.1) is 13.8 Å². The molecule has 0 aromatic heterocycles. The van der Waals surface area contributed by atoms with Gasteiger partial charge in [0.15, 0.2) is 5.78 Å². The number of ether oxygens (including phenoxy) is 1. The van der Waals surface area contributed by atoms with Crippen LogP contribution >= 0.6 is 0 Å². The first-order valence-corrected chi connectivity index (χ1v) is 6.91. The minimum Gasteiger partial charge on any atom is -0.469 e. The predicted molar refractivity (Wildman–Crippen MR) is 79.0 cm³/mol. The normalized spacial score (nSPS) is 12.0. The molecule has 1 rings (SSSR count). The Bertz CT molecular complexity index is 483. The van der Waals surface area contributed by atoms with Crippen LogP contribution in [-0.4, -0.2) is 31.4 Å². The summed E-state index contributed by atoms with van der Waals surface area (Å²) in [7, 11) is 1.36. The Kier molecular flexibility index (Phi) is 6.39. The molecule has 1 unspecified atom stereocenters. The van der Waals surface area contributed by atoms with Gasteiger partial charge in [0, 0.05) is 12.0 Å². The molecule has 1 N–H and O–H groups in total. The highest BCUT2D eigenvalue weighted by Gasteiger charge is 2.21. The fraction of sp³-hybridized carbons (Fsp3) is 0.500. The molecule has 0 aliphatic carbocycles. The number of methoxy groups -OCH3 is 1. The van der Waals surface area contributed by atoms with Crippen molar-refractivity contribution in [1.82, 2.24) is 5.32 Å². The second-order valence-electron chi connectivity index (χ2n) is 4.91. The van der Waals surface area contributed by atoms with Crippen LogP contribution < -0.4 is 5.32 Å². The maximum atomic E-state index is 12.6. The Morgan fingerprint density at radius 3 is 2.60 bits per heavy atom. The van der Waals surface area contributed by atoms with Crippen molar-refractivity contribution in [2.24, 2.45) is 0 Å². The third-order valence-electron chi connectivity index (χ3n) is 3.29. The van der Waals surface area contributed by atoms with Gasteiger partial charge in [-0.1, -0.05) is 24.6 Å². The molecular weight excluding hydrogens is 254 g/mol. The highest BCUT2D eigenvalue weighted by Crippen LogP contribution is 2.15. The number of rotatable bonds is 7. The van der Waals surface area contributed by atoms with Crippen LogP contribution in [0.2, 0.25) is 0 Å². The molecule has 1 aromatic rings. The molecule has 0 heterocycles. The second kappa shape index (κ2) is 7.80. The van der Waals surface area contributed by atoms with Gasteiger partial charge in [-0.15, -0.1) is 0 Å². The van der Waals surface area contributed by atoms with E-state index in [1.54, 1.807) is 0 Å². The van der Waals surface area contributed by atoms with Crippen molar-refractivity contribution in [3.63, 3.8) is 0 Å². The van der Waals surface area contributed by atoms with Crippen molar-refractivity contribution in [2.45, 2.75) is 39.7 Å². The summed E-state index contributed by atoms with van der Waals surface area (Å²) in [6.45, 7) is 6.52. The molecule has 1 aromatic carbocycles. The van der Waals surface area contributed by atoms with Gasteiger partial charge in [0.25, 0.3) is 0 Å². The number of aryl methyl sites for hydroxylation is 2. The summed E-state index contributed by atoms with van der Waals surface area (Å²) in [5.41, 5.74) is 2.74. The summed E-state index contributed by atoms with van der Waals surface area (Å²) in [4.78, 5) is 23.8. The molecule has 0 saturated carbocycles. The Hall–Kier alpha value is -1.68. The van der Waals surface area contributed by atoms with Crippen LogP contribution in [0.25, 0.3) is 0 Å². The van der Waals surface area contributed by atoms with Gasteiger partial charge in [-0.2, -0.15) is 0 Å². The topological polar surface area (TPSA) is 55.4 Å². The van der Waals surface area contributed by atoms with E-state index in [2.05, 4.69) is 10.1 Å². The van der Waals surface area contributed by atoms with E-state index < -0.39 is 0 Å². The first-order chi connectivity index (χ1) is 9.49. The number of ketones is 1. The first-order valence-electron chi connectivity index (χ1n) is 6.91. The molecule has 0 aliphatic heterocycles. The Balaban J connectivity index is 2.87. The zero-order chi connectivity index (χ0) is 15.1. The number of benzene rings is 1. The van der Waals surface area contributed by atoms with Gasteiger partial charge in [-0.25, -0.2) is 0 Å². The molecule has 0 saturated heterocycles. The van der Waals surface area contributed by atoms with Gasteiger partial charge in [0.1, 0.15) is 0 Å². The molecular formula is C16H23NO3. The zero-order valence-corrected chi connectivity index (χ0v) is 12.7. The molecule has 0 aliphatic rings. The molecule has 0 fully saturated rings. The summed E-state index contributed by atoms with van der Waals surface area (Å²) in [6, 6.07) is 5.49. The lowest BCUT2D eigenvalue weighted by atomic mass is 9.95. The Morgan fingerprint density at radius 1 is 1.30 bits per heavy atom. The molecule has 0 spiro atoms. The lowest BCUT2D eigenvalue weighted by molar-refractivity contribution is -0.140. The number of esters is 1. The molecule has 0 bridgehead atoms. The summed E-state index contributed by atoms with van der Waals surface area (Å²) in [5, 5.41) is 3.15. The summed E-state index contributed by atoms with van der Waals surface area (Å²) in [5.74, 6) is -0.251. The van der Waals surface area contributed by atoms with Crippen molar-refractivity contribution in [3.8, 4) is 0 Å². The summed E-state index contributed by atoms with van der Waals surface area (Å²) >= 11 is 0. The van der Waals surface area contributed by atoms with E-state index in [-0.39, 0.29) is 24.2 Å². The number of hydrogen-bond acceptors (Lipinski definition) is 4. The van der Waals surface area contributed by atoms with Gasteiger partial charge >= 0.3 is 5.97 Å². The van der Waals surface area contributed by atoms with Crippen molar-refractivity contribution in [2.75, 3.05) is 13.7 Å². The van der Waals surface area contributed by atoms with Crippen LogP contribution in [0.15, 0.2) is 18.2 Å². The largest absolute Gasteiger partial charge is 0.469 e. The molecule has 4 heteroatoms. The predicted octanol–water partition coefficient (Wildman–Crippen LogP) is 2.42. The van der Waals surface area contributed by atoms with E-state index in [9.17, 15) is 9.59 Å². The maximum Gasteiger partial charge on any atom is 0.305 e. The van der Waals surface area contributed by atoms with Gasteiger partial charge in [-0.05, 0) is 38.4 Å². The minimum absolute atomic E-state index is 0.0388. The molecule has 1 atom stereocenters. The van der Waals surface area contributed by atoms with Crippen molar-refractivity contribution < 1.29 is 14.3 Å². The zero-order valence-electron chi connectivity index (χ0n) is 12.7. The summed E-state index contributed by atoms with van der Waals surface area (Å²) < 4.78 is 4.63. The van der Waals surface area contributed by atoms with Crippen molar-refractivity contribution >= 4 is 11.8 Å². The third kappa shape index (κ3) is 4.46. The number of nitrogens with one attached hydrogen (secondary N) is 1. The Morgan fingerprint density at radius 2 is 2.00 bits per heavy atom. The average molecular weight is 277 g/mol. The molecule has 0 amide bonds. The monoisotopic (exact) mass is 277 g/mol. The Labute approximate surface area is 120 Å². The third-order valence-corrected chi connectivity index (χ3v) is 3.29. The number of hydrogen-bond donors (Lipinski definition) is 1. The second-order valence-corrected chi connectivity index (χ2v) is 4.91. The first kappa shape index (κ1) is 16.4. The molecule has 4 nitrogen and oxygen atoms in total. The molecule has 20 heavy (non-hydrogen) atoms. The van der Waals surface area contributed by atoms with Crippen LogP contribution in [0.5, 0.6) is 0 Å². The fourth-order valence-electron chi connectivity index (χ4n) is 2.13. The van der Waals surface area contributed by atoms with E-state index in [0.29, 0.717) is 13.0 Å². The minimum atomic E-state index is -0.348. The van der Waals surface area contributed by atoms with Crippen LogP contribution in [0.3, 0.4) is 0 Å².